The third-order valence-corrected chi connectivity index (χ3v) is 10.2. The molecule has 2 rings (SSSR count). The summed E-state index contributed by atoms with van der Waals surface area (Å²) < 4.78 is 0. The molecule has 0 aliphatic heterocycles. The summed E-state index contributed by atoms with van der Waals surface area (Å²) in [5.41, 5.74) is 2.60. The molecule has 0 nitrogen and oxygen atoms in total. The number of hydrogen-bond acceptors (Lipinski definition) is 0. The van der Waals surface area contributed by atoms with Crippen LogP contribution in [0.1, 0.15) is 11.1 Å². The largest absolute Gasteiger partial charge is 0.299 e. The van der Waals surface area contributed by atoms with Crippen molar-refractivity contribution in [1.82, 2.24) is 0 Å². The summed E-state index contributed by atoms with van der Waals surface area (Å²) >= 11 is 0. The molecule has 0 amide bonds. The van der Waals surface area contributed by atoms with Crippen LogP contribution < -0.4 is 10.6 Å². The maximum Gasteiger partial charge on any atom is 0.0456 e. The van der Waals surface area contributed by atoms with Gasteiger partial charge in [0.1, 0.15) is 0 Å². The molecule has 2 unspecified atom stereocenters. The van der Waals surface area contributed by atoms with Crippen LogP contribution >= 0.6 is 14.3 Å². The average Bonchev–Trinajstić information content (AvgIpc) is 2.46. The van der Waals surface area contributed by atoms with E-state index in [2.05, 4.69) is 75.7 Å². The van der Waals surface area contributed by atoms with E-state index in [0.717, 1.165) is 12.3 Å². The van der Waals surface area contributed by atoms with Crippen LogP contribution in [-0.2, 0) is 0 Å². The van der Waals surface area contributed by atoms with Crippen LogP contribution in [0.15, 0.2) is 48.5 Å². The minimum Gasteiger partial charge on any atom is -0.299 e. The molecule has 0 fully saturated rings. The highest BCUT2D eigenvalue weighted by Gasteiger charge is 2.24. The van der Waals surface area contributed by atoms with Gasteiger partial charge in [-0.25, -0.2) is 14.3 Å². The highest BCUT2D eigenvalue weighted by molar-refractivity contribution is 8.05. The molecule has 22 heavy (non-hydrogen) atoms. The van der Waals surface area contributed by atoms with Gasteiger partial charge in [0.05, 0.1) is 0 Å². The van der Waals surface area contributed by atoms with Crippen LogP contribution in [0.3, 0.4) is 0 Å². The molecule has 0 N–H and O–H groups in total. The fourth-order valence-corrected chi connectivity index (χ4v) is 9.35. The van der Waals surface area contributed by atoms with E-state index in [1.54, 1.807) is 0 Å². The van der Waals surface area contributed by atoms with Crippen LogP contribution in [-0.4, -0.2) is 40.8 Å². The molecule has 2 aromatic carbocycles. The quantitative estimate of drug-likeness (QED) is 0.581. The number of hydrogen-bond donors (Lipinski definition) is 0. The van der Waals surface area contributed by atoms with Crippen LogP contribution in [0, 0.1) is 13.8 Å². The Kier molecular flexibility index (Phi) is 5.58. The van der Waals surface area contributed by atoms with Gasteiger partial charge in [-0.1, -0.05) is 36.4 Å². The second kappa shape index (κ2) is 6.90. The molecular weight excluding hydrogens is 300 g/mol. The molecule has 0 saturated carbocycles. The lowest BCUT2D eigenvalue weighted by molar-refractivity contribution is 1.45. The van der Waals surface area contributed by atoms with Gasteiger partial charge in [0, 0.05) is 36.3 Å². The molecule has 0 saturated heterocycles. The van der Waals surface area contributed by atoms with E-state index < -0.39 is 14.3 Å². The van der Waals surface area contributed by atoms with Crippen molar-refractivity contribution in [3.63, 3.8) is 0 Å². The first-order chi connectivity index (χ1) is 10.2. The normalized spacial score (nSPS) is 16.8. The predicted octanol–water partition coefficient (Wildman–Crippen LogP) is 3.72. The molecule has 0 spiro atoms. The molecule has 0 aromatic heterocycles. The lowest BCUT2D eigenvalue weighted by Gasteiger charge is -2.39. The fraction of sp³-hybridized carbons (Fsp3) is 0.333. The Balaban J connectivity index is 2.18. The van der Waals surface area contributed by atoms with E-state index in [1.165, 1.54) is 21.7 Å². The summed E-state index contributed by atoms with van der Waals surface area (Å²) in [4.78, 5) is 0. The van der Waals surface area contributed by atoms with Gasteiger partial charge in [-0.2, -0.15) is 0 Å². The second-order valence-electron chi connectivity index (χ2n) is 6.56. The van der Waals surface area contributed by atoms with E-state index in [4.69, 9.17) is 15.1 Å². The van der Waals surface area contributed by atoms with Gasteiger partial charge in [0.15, 0.2) is 0 Å². The van der Waals surface area contributed by atoms with Crippen molar-refractivity contribution in [2.24, 2.45) is 0 Å². The van der Waals surface area contributed by atoms with Crippen molar-refractivity contribution in [2.75, 3.05) is 25.7 Å². The maximum atomic E-state index is 6.74. The molecule has 6 radical (unpaired) electrons. The Bertz CT molecular complexity index is 594. The Morgan fingerprint density at radius 3 is 1.32 bits per heavy atom. The molecule has 112 valence electrons. The highest BCUT2D eigenvalue weighted by Crippen LogP contribution is 2.56. The Morgan fingerprint density at radius 2 is 1.00 bits per heavy atom. The lowest BCUT2D eigenvalue weighted by Crippen LogP contribution is -2.23. The van der Waals surface area contributed by atoms with Gasteiger partial charge in [-0.15, -0.1) is 0 Å². The minimum atomic E-state index is -1.62. The zero-order chi connectivity index (χ0) is 16.4. The highest BCUT2D eigenvalue weighted by atomic mass is 31.2. The molecular formula is C18H24B2P2. The zero-order valence-electron chi connectivity index (χ0n) is 14.1. The van der Waals surface area contributed by atoms with Crippen molar-refractivity contribution in [3.8, 4) is 0 Å². The van der Waals surface area contributed by atoms with Crippen LogP contribution in [0.25, 0.3) is 0 Å². The zero-order valence-corrected chi connectivity index (χ0v) is 15.9. The van der Waals surface area contributed by atoms with Crippen molar-refractivity contribution in [1.29, 1.82) is 0 Å². The molecule has 0 aliphatic rings. The van der Waals surface area contributed by atoms with Gasteiger partial charge < -0.3 is 0 Å². The average molecular weight is 324 g/mol. The summed E-state index contributed by atoms with van der Waals surface area (Å²) in [6, 6.07) is 17.0. The van der Waals surface area contributed by atoms with E-state index in [0.29, 0.717) is 0 Å². The Labute approximate surface area is 139 Å². The van der Waals surface area contributed by atoms with E-state index in [1.807, 2.05) is 0 Å². The summed E-state index contributed by atoms with van der Waals surface area (Å²) in [5, 5.41) is 2.67. The van der Waals surface area contributed by atoms with Crippen LogP contribution in [0.4, 0.5) is 0 Å². The summed E-state index contributed by atoms with van der Waals surface area (Å²) in [5.74, 6) is 0. The Morgan fingerprint density at radius 1 is 0.682 bits per heavy atom. The van der Waals surface area contributed by atoms with Gasteiger partial charge >= 0.3 is 0 Å². The first-order valence-electron chi connectivity index (χ1n) is 7.65. The van der Waals surface area contributed by atoms with Gasteiger partial charge in [-0.05, 0) is 37.1 Å². The van der Waals surface area contributed by atoms with E-state index >= 15 is 0 Å². The van der Waals surface area contributed by atoms with Crippen LogP contribution in [0.5, 0.6) is 0 Å². The molecule has 2 aromatic rings. The van der Waals surface area contributed by atoms with Crippen molar-refractivity contribution in [3.05, 3.63) is 59.7 Å². The number of rotatable bonds is 5. The lowest BCUT2D eigenvalue weighted by atomic mass is 10.2. The topological polar surface area (TPSA) is 0 Å². The molecule has 0 aliphatic carbocycles. The second-order valence-corrected chi connectivity index (χ2v) is 13.5. The minimum absolute atomic E-state index is 1.01. The summed E-state index contributed by atoms with van der Waals surface area (Å²) in [6.07, 6.45) is 2.01. The summed E-state index contributed by atoms with van der Waals surface area (Å²) in [7, 11) is 10.2. The van der Waals surface area contributed by atoms with Gasteiger partial charge in [0.25, 0.3) is 0 Å². The van der Waals surface area contributed by atoms with Crippen molar-refractivity contribution in [2.45, 2.75) is 13.8 Å². The maximum absolute atomic E-state index is 6.74. The third kappa shape index (κ3) is 4.04. The van der Waals surface area contributed by atoms with Gasteiger partial charge in [-0.3, -0.25) is 15.1 Å². The van der Waals surface area contributed by atoms with Crippen molar-refractivity contribution >= 4 is 40.0 Å². The third-order valence-electron chi connectivity index (χ3n) is 4.36. The smallest absolute Gasteiger partial charge is 0.0456 e. The molecule has 0 heterocycles. The SMILES string of the molecule is [B-][P+](C)(CC[P+]([B-])(C)c1ccccc1C)c1ccccc1C. The molecule has 2 atom stereocenters. The Hall–Kier alpha value is -0.570. The first kappa shape index (κ1) is 17.8. The van der Waals surface area contributed by atoms with E-state index in [9.17, 15) is 0 Å². The van der Waals surface area contributed by atoms with E-state index in [-0.39, 0.29) is 0 Å². The fourth-order valence-electron chi connectivity index (χ4n) is 2.93. The molecule has 0 bridgehead atoms. The van der Waals surface area contributed by atoms with Gasteiger partial charge in [0.2, 0.25) is 0 Å². The first-order valence-corrected chi connectivity index (χ1v) is 12.6. The van der Waals surface area contributed by atoms with Crippen LogP contribution in [0.2, 0.25) is 0 Å². The monoisotopic (exact) mass is 324 g/mol. The number of benzene rings is 2. The predicted molar refractivity (Wildman–Crippen MR) is 109 cm³/mol. The van der Waals surface area contributed by atoms with Crippen molar-refractivity contribution < 1.29 is 0 Å². The number of aryl methyl sites for hydroxylation is 2. The summed E-state index contributed by atoms with van der Waals surface area (Å²) in [6.45, 7) is 8.76. The molecule has 4 heteroatoms. The standard InChI is InChI=1S/C18H24B2P2/c1-15-9-5-7-11-17(15)21(3,19)13-14-22(4,20)18-12-8-6-10-16(18)2/h5-12H,13-14H2,1-4H3.